The number of rotatable bonds is 6. The minimum atomic E-state index is 1.03. The predicted octanol–water partition coefficient (Wildman–Crippen LogP) is 4.68. The molecular formula is C13H18S2. The summed E-state index contributed by atoms with van der Waals surface area (Å²) in [6, 6.07) is 10.3. The molecule has 0 bridgehead atoms. The number of benzene rings is 1. The van der Waals surface area contributed by atoms with Crippen molar-refractivity contribution >= 4 is 28.2 Å². The van der Waals surface area contributed by atoms with Gasteiger partial charge >= 0.3 is 0 Å². The smallest absolute Gasteiger partial charge is 0.0778 e. The van der Waals surface area contributed by atoms with E-state index in [9.17, 15) is 0 Å². The lowest BCUT2D eigenvalue weighted by atomic mass is 10.2. The van der Waals surface area contributed by atoms with E-state index in [0.29, 0.717) is 0 Å². The summed E-state index contributed by atoms with van der Waals surface area (Å²) in [4.78, 5) is 0. The fourth-order valence-electron chi connectivity index (χ4n) is 1.35. The molecular weight excluding hydrogens is 220 g/mol. The summed E-state index contributed by atoms with van der Waals surface area (Å²) >= 11 is 7.17. The number of thioether (sulfide) groups is 1. The molecule has 0 atom stereocenters. The van der Waals surface area contributed by atoms with E-state index in [1.54, 1.807) is 0 Å². The quantitative estimate of drug-likeness (QED) is 0.521. The van der Waals surface area contributed by atoms with Crippen molar-refractivity contribution in [1.82, 2.24) is 0 Å². The SMILES string of the molecule is CCCCCCSC(=S)c1ccccc1. The van der Waals surface area contributed by atoms with Crippen LogP contribution < -0.4 is 0 Å². The van der Waals surface area contributed by atoms with Crippen molar-refractivity contribution in [1.29, 1.82) is 0 Å². The van der Waals surface area contributed by atoms with Crippen LogP contribution in [-0.2, 0) is 0 Å². The van der Waals surface area contributed by atoms with E-state index in [1.165, 1.54) is 31.2 Å². The van der Waals surface area contributed by atoms with Crippen LogP contribution in [0.15, 0.2) is 30.3 Å². The number of unbranched alkanes of at least 4 members (excludes halogenated alkanes) is 3. The van der Waals surface area contributed by atoms with E-state index in [2.05, 4.69) is 19.1 Å². The predicted molar refractivity (Wildman–Crippen MR) is 74.7 cm³/mol. The highest BCUT2D eigenvalue weighted by atomic mass is 32.2. The fourth-order valence-corrected chi connectivity index (χ4v) is 2.57. The Kier molecular flexibility index (Phi) is 6.69. The van der Waals surface area contributed by atoms with Gasteiger partial charge in [-0.1, -0.05) is 68.7 Å². The molecule has 0 amide bonds. The van der Waals surface area contributed by atoms with E-state index in [1.807, 2.05) is 30.0 Å². The monoisotopic (exact) mass is 238 g/mol. The van der Waals surface area contributed by atoms with Crippen LogP contribution in [0.4, 0.5) is 0 Å². The molecule has 0 aliphatic carbocycles. The largest absolute Gasteiger partial charge is 0.114 e. The number of hydrogen-bond acceptors (Lipinski definition) is 2. The average molecular weight is 238 g/mol. The first-order valence-corrected chi connectivity index (χ1v) is 6.96. The topological polar surface area (TPSA) is 0 Å². The Balaban J connectivity index is 2.20. The van der Waals surface area contributed by atoms with Gasteiger partial charge in [0.1, 0.15) is 0 Å². The number of hydrogen-bond donors (Lipinski definition) is 0. The Labute approximate surface area is 102 Å². The second-order valence-electron chi connectivity index (χ2n) is 3.56. The van der Waals surface area contributed by atoms with E-state index in [0.717, 1.165) is 9.95 Å². The maximum absolute atomic E-state index is 5.36. The van der Waals surface area contributed by atoms with Gasteiger partial charge in [0, 0.05) is 0 Å². The minimum absolute atomic E-state index is 1.03. The van der Waals surface area contributed by atoms with Crippen LogP contribution in [0.1, 0.15) is 38.2 Å². The Hall–Kier alpha value is -0.340. The van der Waals surface area contributed by atoms with E-state index < -0.39 is 0 Å². The van der Waals surface area contributed by atoms with Crippen molar-refractivity contribution in [2.75, 3.05) is 5.75 Å². The van der Waals surface area contributed by atoms with Crippen molar-refractivity contribution in [3.8, 4) is 0 Å². The molecule has 0 radical (unpaired) electrons. The molecule has 0 aliphatic heterocycles. The Morgan fingerprint density at radius 3 is 2.53 bits per heavy atom. The average Bonchev–Trinajstić information content (AvgIpc) is 2.30. The second-order valence-corrected chi connectivity index (χ2v) is 5.33. The molecule has 0 saturated carbocycles. The molecule has 0 aromatic heterocycles. The highest BCUT2D eigenvalue weighted by molar-refractivity contribution is 8.23. The van der Waals surface area contributed by atoms with Crippen molar-refractivity contribution in [2.24, 2.45) is 0 Å². The van der Waals surface area contributed by atoms with Gasteiger partial charge in [-0.25, -0.2) is 0 Å². The first-order chi connectivity index (χ1) is 7.34. The molecule has 0 unspecified atom stereocenters. The summed E-state index contributed by atoms with van der Waals surface area (Å²) in [6.45, 7) is 2.24. The lowest BCUT2D eigenvalue weighted by Gasteiger charge is -2.03. The molecule has 0 spiro atoms. The molecule has 0 heterocycles. The first-order valence-electron chi connectivity index (χ1n) is 5.56. The molecule has 0 aliphatic rings. The molecule has 0 nitrogen and oxygen atoms in total. The highest BCUT2D eigenvalue weighted by Crippen LogP contribution is 2.15. The Bertz CT molecular complexity index is 280. The Morgan fingerprint density at radius 2 is 1.87 bits per heavy atom. The maximum Gasteiger partial charge on any atom is 0.0778 e. The van der Waals surface area contributed by atoms with Gasteiger partial charge in [0.15, 0.2) is 0 Å². The second kappa shape index (κ2) is 7.89. The van der Waals surface area contributed by atoms with Crippen LogP contribution in [0.25, 0.3) is 0 Å². The summed E-state index contributed by atoms with van der Waals surface area (Å²) < 4.78 is 1.03. The molecule has 0 saturated heterocycles. The van der Waals surface area contributed by atoms with Crippen molar-refractivity contribution in [3.63, 3.8) is 0 Å². The molecule has 2 heteroatoms. The number of thiocarbonyl (C=S) groups is 1. The molecule has 1 aromatic rings. The van der Waals surface area contributed by atoms with Gasteiger partial charge in [0.25, 0.3) is 0 Å². The van der Waals surface area contributed by atoms with Crippen LogP contribution in [-0.4, -0.2) is 9.95 Å². The molecule has 1 rings (SSSR count). The van der Waals surface area contributed by atoms with Gasteiger partial charge in [-0.2, -0.15) is 0 Å². The Morgan fingerprint density at radius 1 is 1.13 bits per heavy atom. The summed E-state index contributed by atoms with van der Waals surface area (Å²) in [5.41, 5.74) is 1.19. The molecule has 0 fully saturated rings. The third-order valence-electron chi connectivity index (χ3n) is 2.24. The van der Waals surface area contributed by atoms with E-state index >= 15 is 0 Å². The van der Waals surface area contributed by atoms with Crippen molar-refractivity contribution in [2.45, 2.75) is 32.6 Å². The summed E-state index contributed by atoms with van der Waals surface area (Å²) in [7, 11) is 0. The van der Waals surface area contributed by atoms with Gasteiger partial charge in [-0.05, 0) is 17.7 Å². The normalized spacial score (nSPS) is 10.2. The summed E-state index contributed by atoms with van der Waals surface area (Å²) in [5.74, 6) is 1.16. The zero-order valence-corrected chi connectivity index (χ0v) is 10.9. The van der Waals surface area contributed by atoms with Gasteiger partial charge in [0.05, 0.1) is 4.20 Å². The standard InChI is InChI=1S/C13H18S2/c1-2-3-4-8-11-15-13(14)12-9-6-5-7-10-12/h5-7,9-10H,2-4,8,11H2,1H3. The lowest BCUT2D eigenvalue weighted by molar-refractivity contribution is 0.707. The molecule has 1 aromatic carbocycles. The third kappa shape index (κ3) is 5.33. The van der Waals surface area contributed by atoms with Crippen LogP contribution in [0.2, 0.25) is 0 Å². The van der Waals surface area contributed by atoms with E-state index in [4.69, 9.17) is 12.2 Å². The minimum Gasteiger partial charge on any atom is -0.114 e. The summed E-state index contributed by atoms with van der Waals surface area (Å²) in [6.07, 6.45) is 5.26. The van der Waals surface area contributed by atoms with Crippen LogP contribution in [0.3, 0.4) is 0 Å². The van der Waals surface area contributed by atoms with Gasteiger partial charge in [0.2, 0.25) is 0 Å². The lowest BCUT2D eigenvalue weighted by Crippen LogP contribution is -1.92. The van der Waals surface area contributed by atoms with Gasteiger partial charge in [-0.3, -0.25) is 0 Å². The highest BCUT2D eigenvalue weighted by Gasteiger charge is 2.00. The fraction of sp³-hybridized carbons (Fsp3) is 0.462. The van der Waals surface area contributed by atoms with Gasteiger partial charge < -0.3 is 0 Å². The summed E-state index contributed by atoms with van der Waals surface area (Å²) in [5, 5.41) is 0. The molecule has 0 N–H and O–H groups in total. The third-order valence-corrected chi connectivity index (χ3v) is 3.82. The van der Waals surface area contributed by atoms with Crippen LogP contribution >= 0.6 is 24.0 Å². The zero-order valence-electron chi connectivity index (χ0n) is 9.24. The first kappa shape index (κ1) is 12.7. The van der Waals surface area contributed by atoms with Crippen LogP contribution in [0, 0.1) is 0 Å². The zero-order chi connectivity index (χ0) is 10.9. The maximum atomic E-state index is 5.36. The van der Waals surface area contributed by atoms with Crippen molar-refractivity contribution < 1.29 is 0 Å². The van der Waals surface area contributed by atoms with Crippen LogP contribution in [0.5, 0.6) is 0 Å². The molecule has 82 valence electrons. The van der Waals surface area contributed by atoms with E-state index in [-0.39, 0.29) is 0 Å². The molecule has 15 heavy (non-hydrogen) atoms. The van der Waals surface area contributed by atoms with Gasteiger partial charge in [-0.15, -0.1) is 11.8 Å². The van der Waals surface area contributed by atoms with Crippen molar-refractivity contribution in [3.05, 3.63) is 35.9 Å².